The van der Waals surface area contributed by atoms with Gasteiger partial charge in [-0.1, -0.05) is 29.4 Å². The van der Waals surface area contributed by atoms with Crippen LogP contribution in [0, 0.1) is 5.92 Å². The van der Waals surface area contributed by atoms with Crippen molar-refractivity contribution in [3.63, 3.8) is 0 Å². The molecule has 1 aromatic rings. The Kier molecular flexibility index (Phi) is 4.04. The molecule has 1 amide bonds. The molecule has 102 valence electrons. The van der Waals surface area contributed by atoms with Crippen LogP contribution in [0.4, 0.5) is 0 Å². The van der Waals surface area contributed by atoms with Crippen LogP contribution in [-0.4, -0.2) is 34.9 Å². The maximum Gasteiger partial charge on any atom is 0.226 e. The summed E-state index contributed by atoms with van der Waals surface area (Å²) < 4.78 is 0. The SMILES string of the molecule is CCN(C/C(N)=N/O)C(=O)C1Cc2ccccc2C1. The molecule has 1 aliphatic rings. The molecule has 5 nitrogen and oxygen atoms in total. The van der Waals surface area contributed by atoms with E-state index in [0.717, 1.165) is 12.8 Å². The molecule has 2 rings (SSSR count). The van der Waals surface area contributed by atoms with Gasteiger partial charge in [-0.3, -0.25) is 4.79 Å². The maximum absolute atomic E-state index is 12.4. The Bertz CT molecular complexity index is 474. The highest BCUT2D eigenvalue weighted by Gasteiger charge is 2.30. The summed E-state index contributed by atoms with van der Waals surface area (Å²) in [6, 6.07) is 8.14. The van der Waals surface area contributed by atoms with Crippen molar-refractivity contribution in [2.75, 3.05) is 13.1 Å². The summed E-state index contributed by atoms with van der Waals surface area (Å²) in [5.74, 6) is 0.111. The summed E-state index contributed by atoms with van der Waals surface area (Å²) in [6.45, 7) is 2.63. The number of amidine groups is 1. The summed E-state index contributed by atoms with van der Waals surface area (Å²) in [4.78, 5) is 14.1. The Morgan fingerprint density at radius 2 is 2.00 bits per heavy atom. The third-order valence-corrected chi connectivity index (χ3v) is 3.57. The van der Waals surface area contributed by atoms with Crippen LogP contribution in [0.3, 0.4) is 0 Å². The van der Waals surface area contributed by atoms with Gasteiger partial charge in [-0.05, 0) is 30.9 Å². The summed E-state index contributed by atoms with van der Waals surface area (Å²) in [5.41, 5.74) is 7.98. The highest BCUT2D eigenvalue weighted by molar-refractivity contribution is 5.88. The molecule has 19 heavy (non-hydrogen) atoms. The third kappa shape index (κ3) is 2.86. The minimum absolute atomic E-state index is 0.0242. The van der Waals surface area contributed by atoms with Gasteiger partial charge in [-0.2, -0.15) is 0 Å². The average Bonchev–Trinajstić information content (AvgIpc) is 2.87. The first-order chi connectivity index (χ1) is 9.15. The lowest BCUT2D eigenvalue weighted by Gasteiger charge is -2.23. The quantitative estimate of drug-likeness (QED) is 0.367. The number of hydrogen-bond donors (Lipinski definition) is 2. The van der Waals surface area contributed by atoms with Gasteiger partial charge in [-0.15, -0.1) is 0 Å². The molecule has 0 spiro atoms. The van der Waals surface area contributed by atoms with Crippen LogP contribution in [0.15, 0.2) is 29.4 Å². The van der Waals surface area contributed by atoms with Gasteiger partial charge in [0.15, 0.2) is 5.84 Å². The first kappa shape index (κ1) is 13.4. The lowest BCUT2D eigenvalue weighted by atomic mass is 10.0. The normalized spacial score (nSPS) is 15.3. The predicted molar refractivity (Wildman–Crippen MR) is 73.0 cm³/mol. The van der Waals surface area contributed by atoms with Crippen molar-refractivity contribution in [2.45, 2.75) is 19.8 Å². The van der Waals surface area contributed by atoms with Crippen LogP contribution < -0.4 is 5.73 Å². The standard InChI is InChI=1S/C14H19N3O2/c1-2-17(9-13(15)16-19)14(18)12-7-10-5-3-4-6-11(10)8-12/h3-6,12,19H,2,7-9H2,1H3,(H2,15,16). The summed E-state index contributed by atoms with van der Waals surface area (Å²) in [7, 11) is 0. The fourth-order valence-corrected chi connectivity index (χ4v) is 2.56. The molecule has 5 heteroatoms. The van der Waals surface area contributed by atoms with Gasteiger partial charge in [0, 0.05) is 12.5 Å². The Morgan fingerprint density at radius 3 is 2.47 bits per heavy atom. The minimum atomic E-state index is -0.0242. The molecular weight excluding hydrogens is 242 g/mol. The summed E-state index contributed by atoms with van der Waals surface area (Å²) >= 11 is 0. The number of rotatable bonds is 4. The smallest absolute Gasteiger partial charge is 0.226 e. The lowest BCUT2D eigenvalue weighted by Crippen LogP contribution is -2.41. The molecule has 3 N–H and O–H groups in total. The second-order valence-corrected chi connectivity index (χ2v) is 4.82. The summed E-state index contributed by atoms with van der Waals surface area (Å²) in [6.07, 6.45) is 1.56. The molecular formula is C14H19N3O2. The number of amides is 1. The number of nitrogens with two attached hydrogens (primary N) is 1. The van der Waals surface area contributed by atoms with Crippen molar-refractivity contribution < 1.29 is 10.0 Å². The van der Waals surface area contributed by atoms with Crippen LogP contribution in [0.25, 0.3) is 0 Å². The van der Waals surface area contributed by atoms with Crippen molar-refractivity contribution in [2.24, 2.45) is 16.8 Å². The number of oxime groups is 1. The largest absolute Gasteiger partial charge is 0.409 e. The minimum Gasteiger partial charge on any atom is -0.409 e. The van der Waals surface area contributed by atoms with Gasteiger partial charge >= 0.3 is 0 Å². The molecule has 0 bridgehead atoms. The zero-order valence-corrected chi connectivity index (χ0v) is 11.0. The molecule has 1 aliphatic carbocycles. The van der Waals surface area contributed by atoms with E-state index in [4.69, 9.17) is 10.9 Å². The van der Waals surface area contributed by atoms with E-state index in [1.54, 1.807) is 4.90 Å². The third-order valence-electron chi connectivity index (χ3n) is 3.57. The maximum atomic E-state index is 12.4. The van der Waals surface area contributed by atoms with Crippen molar-refractivity contribution in [1.82, 2.24) is 4.90 Å². The lowest BCUT2D eigenvalue weighted by molar-refractivity contribution is -0.134. The first-order valence-electron chi connectivity index (χ1n) is 6.47. The zero-order valence-electron chi connectivity index (χ0n) is 11.0. The predicted octanol–water partition coefficient (Wildman–Crippen LogP) is 0.996. The molecule has 0 unspecified atom stereocenters. The van der Waals surface area contributed by atoms with Crippen molar-refractivity contribution in [3.05, 3.63) is 35.4 Å². The topological polar surface area (TPSA) is 78.9 Å². The second-order valence-electron chi connectivity index (χ2n) is 4.82. The average molecular weight is 261 g/mol. The van der Waals surface area contributed by atoms with Crippen molar-refractivity contribution in [1.29, 1.82) is 0 Å². The molecule has 1 aromatic carbocycles. The molecule has 0 heterocycles. The van der Waals surface area contributed by atoms with Gasteiger partial charge in [0.25, 0.3) is 0 Å². The van der Waals surface area contributed by atoms with E-state index < -0.39 is 0 Å². The molecule has 0 fully saturated rings. The number of nitrogens with zero attached hydrogens (tertiary/aromatic N) is 2. The van der Waals surface area contributed by atoms with Crippen LogP contribution in [0.5, 0.6) is 0 Å². The van der Waals surface area contributed by atoms with Crippen LogP contribution in [-0.2, 0) is 17.6 Å². The fourth-order valence-electron chi connectivity index (χ4n) is 2.56. The monoisotopic (exact) mass is 261 g/mol. The van der Waals surface area contributed by atoms with Crippen molar-refractivity contribution in [3.8, 4) is 0 Å². The highest BCUT2D eigenvalue weighted by Crippen LogP contribution is 2.27. The molecule has 0 saturated heterocycles. The Balaban J connectivity index is 2.05. The number of fused-ring (bicyclic) bond motifs is 1. The van der Waals surface area contributed by atoms with Crippen LogP contribution in [0.1, 0.15) is 18.1 Å². The number of carbonyl (C=O) groups is 1. The Hall–Kier alpha value is -2.04. The molecule has 0 saturated carbocycles. The second kappa shape index (κ2) is 5.73. The molecule has 0 aromatic heterocycles. The van der Waals surface area contributed by atoms with E-state index in [-0.39, 0.29) is 24.2 Å². The highest BCUT2D eigenvalue weighted by atomic mass is 16.4. The van der Waals surface area contributed by atoms with E-state index in [9.17, 15) is 4.79 Å². The van der Waals surface area contributed by atoms with E-state index in [0.29, 0.717) is 6.54 Å². The zero-order chi connectivity index (χ0) is 13.8. The fraction of sp³-hybridized carbons (Fsp3) is 0.429. The van der Waals surface area contributed by atoms with E-state index in [1.165, 1.54) is 11.1 Å². The number of likely N-dealkylation sites (N-methyl/N-ethyl adjacent to an activating group) is 1. The first-order valence-corrected chi connectivity index (χ1v) is 6.47. The van der Waals surface area contributed by atoms with Gasteiger partial charge in [0.1, 0.15) is 0 Å². The molecule has 0 atom stereocenters. The Labute approximate surface area is 112 Å². The number of carbonyl (C=O) groups excluding carboxylic acids is 1. The van der Waals surface area contributed by atoms with Gasteiger partial charge in [-0.25, -0.2) is 0 Å². The van der Waals surface area contributed by atoms with E-state index >= 15 is 0 Å². The number of hydrogen-bond acceptors (Lipinski definition) is 3. The van der Waals surface area contributed by atoms with Gasteiger partial charge in [0.05, 0.1) is 6.54 Å². The number of benzene rings is 1. The van der Waals surface area contributed by atoms with Gasteiger partial charge < -0.3 is 15.8 Å². The van der Waals surface area contributed by atoms with Crippen LogP contribution >= 0.6 is 0 Å². The van der Waals surface area contributed by atoms with Crippen molar-refractivity contribution >= 4 is 11.7 Å². The Morgan fingerprint density at radius 1 is 1.42 bits per heavy atom. The molecule has 0 aliphatic heterocycles. The summed E-state index contributed by atoms with van der Waals surface area (Å²) in [5, 5.41) is 11.5. The molecule has 0 radical (unpaired) electrons. The van der Waals surface area contributed by atoms with E-state index in [2.05, 4.69) is 17.3 Å². The van der Waals surface area contributed by atoms with E-state index in [1.807, 2.05) is 19.1 Å². The van der Waals surface area contributed by atoms with Crippen LogP contribution in [0.2, 0.25) is 0 Å². The van der Waals surface area contributed by atoms with Gasteiger partial charge in [0.2, 0.25) is 5.91 Å².